The molecule has 0 amide bonds. The zero-order chi connectivity index (χ0) is 26.9. The normalized spacial score (nSPS) is 16.9. The van der Waals surface area contributed by atoms with Gasteiger partial charge in [0.15, 0.2) is 6.29 Å². The van der Waals surface area contributed by atoms with Gasteiger partial charge >= 0.3 is 0 Å². The van der Waals surface area contributed by atoms with Crippen molar-refractivity contribution in [3.05, 3.63) is 151 Å². The maximum atomic E-state index is 4.01. The standard InChI is InChI=1S/C38H27N3/c1-2-11-26-23-36-33(22-25(26)10-1)31-13-6-8-16-35(31)41(36)38-39-34-15-7-5-14-32(34)37(40-38)28-19-20-30-27(21-28)18-17-24-9-3-4-12-29(24)30/h1-23,37-40H. The Kier molecular flexibility index (Phi) is 4.80. The Morgan fingerprint density at radius 2 is 1.15 bits per heavy atom. The molecule has 3 heteroatoms. The van der Waals surface area contributed by atoms with E-state index in [2.05, 4.69) is 155 Å². The van der Waals surface area contributed by atoms with Crippen LogP contribution >= 0.6 is 0 Å². The zero-order valence-corrected chi connectivity index (χ0v) is 22.4. The molecule has 0 spiro atoms. The molecular formula is C38H27N3. The first-order chi connectivity index (χ1) is 20.3. The molecule has 2 N–H and O–H groups in total. The van der Waals surface area contributed by atoms with E-state index in [0.29, 0.717) is 0 Å². The summed E-state index contributed by atoms with van der Waals surface area (Å²) in [6, 6.07) is 50.9. The fourth-order valence-electron chi connectivity index (χ4n) is 6.91. The molecule has 8 aromatic rings. The third-order valence-electron chi connectivity index (χ3n) is 8.83. The number of fused-ring (bicyclic) bond motifs is 8. The van der Waals surface area contributed by atoms with Crippen LogP contribution in [0, 0.1) is 0 Å². The number of nitrogens with one attached hydrogen (secondary N) is 2. The largest absolute Gasteiger partial charge is 0.352 e. The summed E-state index contributed by atoms with van der Waals surface area (Å²) in [4.78, 5) is 0. The van der Waals surface area contributed by atoms with Gasteiger partial charge in [0.05, 0.1) is 17.1 Å². The maximum absolute atomic E-state index is 4.01. The molecule has 2 atom stereocenters. The molecular weight excluding hydrogens is 498 g/mol. The van der Waals surface area contributed by atoms with Crippen molar-refractivity contribution < 1.29 is 0 Å². The fraction of sp³-hybridized carbons (Fsp3) is 0.0526. The summed E-state index contributed by atoms with van der Waals surface area (Å²) in [7, 11) is 0. The van der Waals surface area contributed by atoms with E-state index >= 15 is 0 Å². The van der Waals surface area contributed by atoms with Gasteiger partial charge in [-0.3, -0.25) is 5.32 Å². The number of benzene rings is 7. The summed E-state index contributed by atoms with van der Waals surface area (Å²) in [6.45, 7) is 0. The molecule has 0 bridgehead atoms. The lowest BCUT2D eigenvalue weighted by atomic mass is 9.92. The van der Waals surface area contributed by atoms with Crippen molar-refractivity contribution >= 4 is 59.8 Å². The minimum Gasteiger partial charge on any atom is -0.352 e. The lowest BCUT2D eigenvalue weighted by molar-refractivity contribution is 0.417. The van der Waals surface area contributed by atoms with Crippen LogP contribution in [0.3, 0.4) is 0 Å². The van der Waals surface area contributed by atoms with Gasteiger partial charge in [-0.1, -0.05) is 109 Å². The van der Waals surface area contributed by atoms with Crippen molar-refractivity contribution in [2.24, 2.45) is 0 Å². The van der Waals surface area contributed by atoms with Crippen molar-refractivity contribution in [1.29, 1.82) is 0 Å². The molecule has 1 aliphatic heterocycles. The lowest BCUT2D eigenvalue weighted by Crippen LogP contribution is -2.40. The van der Waals surface area contributed by atoms with Gasteiger partial charge in [0, 0.05) is 16.5 Å². The van der Waals surface area contributed by atoms with Gasteiger partial charge in [0.25, 0.3) is 0 Å². The number of rotatable bonds is 2. The molecule has 9 rings (SSSR count). The van der Waals surface area contributed by atoms with Gasteiger partial charge in [-0.25, -0.2) is 0 Å². The van der Waals surface area contributed by atoms with Crippen LogP contribution in [0.4, 0.5) is 5.69 Å². The van der Waals surface area contributed by atoms with E-state index in [1.54, 1.807) is 0 Å². The molecule has 194 valence electrons. The second-order valence-corrected chi connectivity index (χ2v) is 11.1. The number of hydrogen-bond donors (Lipinski definition) is 2. The van der Waals surface area contributed by atoms with E-state index in [1.807, 2.05) is 0 Å². The van der Waals surface area contributed by atoms with Gasteiger partial charge in [-0.15, -0.1) is 0 Å². The summed E-state index contributed by atoms with van der Waals surface area (Å²) >= 11 is 0. The van der Waals surface area contributed by atoms with Gasteiger partial charge in [0.1, 0.15) is 0 Å². The van der Waals surface area contributed by atoms with Gasteiger partial charge in [0.2, 0.25) is 0 Å². The van der Waals surface area contributed by atoms with Gasteiger partial charge in [-0.2, -0.15) is 0 Å². The molecule has 7 aromatic carbocycles. The Morgan fingerprint density at radius 3 is 2.05 bits per heavy atom. The average molecular weight is 526 g/mol. The Morgan fingerprint density at radius 1 is 0.463 bits per heavy atom. The van der Waals surface area contributed by atoms with Crippen LogP contribution in [0.15, 0.2) is 140 Å². The molecule has 1 aliphatic rings. The molecule has 0 saturated heterocycles. The smallest absolute Gasteiger partial charge is 0.160 e. The SMILES string of the molecule is c1ccc2c(c1)NC(n1c3ccccc3c3cc4ccccc4cc31)NC2c1ccc2c(ccc3ccccc32)c1. The minimum atomic E-state index is -0.134. The summed E-state index contributed by atoms with van der Waals surface area (Å²) in [5.41, 5.74) is 6.11. The molecule has 0 aliphatic carbocycles. The Hall–Kier alpha value is -5.12. The van der Waals surface area contributed by atoms with Crippen LogP contribution < -0.4 is 10.6 Å². The molecule has 2 heterocycles. The van der Waals surface area contributed by atoms with Crippen LogP contribution in [0.2, 0.25) is 0 Å². The number of hydrogen-bond acceptors (Lipinski definition) is 2. The van der Waals surface area contributed by atoms with Crippen molar-refractivity contribution in [3.63, 3.8) is 0 Å². The Balaban J connectivity index is 1.24. The quantitative estimate of drug-likeness (QED) is 0.220. The first kappa shape index (κ1) is 22.7. The highest BCUT2D eigenvalue weighted by Crippen LogP contribution is 2.40. The molecule has 2 unspecified atom stereocenters. The van der Waals surface area contributed by atoms with Crippen molar-refractivity contribution in [2.45, 2.75) is 12.3 Å². The first-order valence-corrected chi connectivity index (χ1v) is 14.3. The van der Waals surface area contributed by atoms with Crippen molar-refractivity contribution in [2.75, 3.05) is 5.32 Å². The second kappa shape index (κ2) is 8.69. The van der Waals surface area contributed by atoms with Gasteiger partial charge < -0.3 is 9.88 Å². The van der Waals surface area contributed by atoms with Crippen molar-refractivity contribution in [1.82, 2.24) is 9.88 Å². The highest BCUT2D eigenvalue weighted by atomic mass is 15.3. The average Bonchev–Trinajstić information content (AvgIpc) is 3.36. The zero-order valence-electron chi connectivity index (χ0n) is 22.4. The molecule has 3 nitrogen and oxygen atoms in total. The number of aromatic nitrogens is 1. The van der Waals surface area contributed by atoms with E-state index in [4.69, 9.17) is 0 Å². The summed E-state index contributed by atoms with van der Waals surface area (Å²) in [6.07, 6.45) is -0.134. The van der Waals surface area contributed by atoms with Crippen LogP contribution in [-0.4, -0.2) is 4.57 Å². The van der Waals surface area contributed by atoms with Crippen LogP contribution in [0.1, 0.15) is 23.5 Å². The third-order valence-corrected chi connectivity index (χ3v) is 8.83. The maximum Gasteiger partial charge on any atom is 0.160 e. The Bertz CT molecular complexity index is 2290. The number of nitrogens with zero attached hydrogens (tertiary/aromatic N) is 1. The first-order valence-electron chi connectivity index (χ1n) is 14.3. The van der Waals surface area contributed by atoms with Crippen LogP contribution in [0.25, 0.3) is 54.1 Å². The molecule has 1 aromatic heterocycles. The highest BCUT2D eigenvalue weighted by molar-refractivity contribution is 6.13. The predicted molar refractivity (Wildman–Crippen MR) is 172 cm³/mol. The van der Waals surface area contributed by atoms with E-state index < -0.39 is 0 Å². The van der Waals surface area contributed by atoms with Crippen LogP contribution in [0.5, 0.6) is 0 Å². The van der Waals surface area contributed by atoms with E-state index in [-0.39, 0.29) is 12.3 Å². The monoisotopic (exact) mass is 525 g/mol. The molecule has 41 heavy (non-hydrogen) atoms. The summed E-state index contributed by atoms with van der Waals surface area (Å²) < 4.78 is 2.44. The summed E-state index contributed by atoms with van der Waals surface area (Å²) in [5.74, 6) is 0. The molecule has 0 saturated carbocycles. The Labute approximate surface area is 237 Å². The number of para-hydroxylation sites is 2. The minimum absolute atomic E-state index is 0.0324. The predicted octanol–water partition coefficient (Wildman–Crippen LogP) is 9.51. The van der Waals surface area contributed by atoms with E-state index in [1.165, 1.54) is 65.3 Å². The second-order valence-electron chi connectivity index (χ2n) is 11.1. The van der Waals surface area contributed by atoms with E-state index in [9.17, 15) is 0 Å². The van der Waals surface area contributed by atoms with Gasteiger partial charge in [-0.05, 0) is 73.8 Å². The highest BCUT2D eigenvalue weighted by Gasteiger charge is 2.29. The molecule has 0 radical (unpaired) electrons. The summed E-state index contributed by atoms with van der Waals surface area (Å²) in [5, 5.41) is 18.0. The molecule has 0 fully saturated rings. The topological polar surface area (TPSA) is 29.0 Å². The fourth-order valence-corrected chi connectivity index (χ4v) is 6.91. The van der Waals surface area contributed by atoms with E-state index in [0.717, 1.165) is 5.69 Å². The van der Waals surface area contributed by atoms with Crippen molar-refractivity contribution in [3.8, 4) is 0 Å². The third kappa shape index (κ3) is 3.43. The number of anilines is 1. The lowest BCUT2D eigenvalue weighted by Gasteiger charge is -2.36. The van der Waals surface area contributed by atoms with Crippen LogP contribution in [-0.2, 0) is 0 Å².